The molecule has 3 aromatic rings. The van der Waals surface area contributed by atoms with Gasteiger partial charge in [-0.3, -0.25) is 4.79 Å². The van der Waals surface area contributed by atoms with E-state index < -0.39 is 0 Å². The van der Waals surface area contributed by atoms with Crippen molar-refractivity contribution in [2.24, 2.45) is 0 Å². The smallest absolute Gasteiger partial charge is 0.275 e. The molecule has 0 spiro atoms. The van der Waals surface area contributed by atoms with Gasteiger partial charge < -0.3 is 9.47 Å². The fraction of sp³-hybridized carbons (Fsp3) is 0.250. The van der Waals surface area contributed by atoms with E-state index in [1.165, 1.54) is 5.69 Å². The third kappa shape index (κ3) is 2.06. The molecule has 5 nitrogen and oxygen atoms in total. The van der Waals surface area contributed by atoms with Gasteiger partial charge in [-0.25, -0.2) is 4.52 Å². The number of pyridine rings is 1. The first-order valence-electron chi connectivity index (χ1n) is 7.24. The van der Waals surface area contributed by atoms with Crippen LogP contribution in [0, 0.1) is 0 Å². The monoisotopic (exact) mass is 358 g/mol. The second kappa shape index (κ2) is 4.98. The highest BCUT2D eigenvalue weighted by atomic mass is 79.9. The second-order valence-corrected chi connectivity index (χ2v) is 6.46. The Morgan fingerprint density at radius 2 is 2.18 bits per heavy atom. The third-order valence-corrected chi connectivity index (χ3v) is 4.71. The highest BCUT2D eigenvalue weighted by Gasteiger charge is 2.29. The molecule has 0 radical (unpaired) electrons. The maximum Gasteiger partial charge on any atom is 0.275 e. The largest absolute Gasteiger partial charge is 0.348 e. The fourth-order valence-corrected chi connectivity index (χ4v) is 3.40. The number of fused-ring (bicyclic) bond motifs is 2. The number of rotatable bonds is 1. The minimum atomic E-state index is -0.0141. The van der Waals surface area contributed by atoms with Gasteiger partial charge in [0.25, 0.3) is 5.91 Å². The van der Waals surface area contributed by atoms with Crippen molar-refractivity contribution in [2.75, 3.05) is 6.54 Å². The van der Waals surface area contributed by atoms with Gasteiger partial charge in [-0.2, -0.15) is 5.10 Å². The number of carbonyl (C=O) groups excluding carboxylic acids is 1. The van der Waals surface area contributed by atoms with E-state index in [0.29, 0.717) is 12.2 Å². The lowest BCUT2D eigenvalue weighted by molar-refractivity contribution is 0.0637. The van der Waals surface area contributed by atoms with Crippen molar-refractivity contribution in [1.82, 2.24) is 19.1 Å². The number of amides is 1. The van der Waals surface area contributed by atoms with Crippen LogP contribution in [0.2, 0.25) is 0 Å². The van der Waals surface area contributed by atoms with E-state index in [-0.39, 0.29) is 11.9 Å². The van der Waals surface area contributed by atoms with Gasteiger partial charge in [-0.05, 0) is 53.2 Å². The van der Waals surface area contributed by atoms with E-state index in [4.69, 9.17) is 0 Å². The molecule has 0 saturated carbocycles. The summed E-state index contributed by atoms with van der Waals surface area (Å²) in [6.45, 7) is 3.60. The molecule has 4 heterocycles. The van der Waals surface area contributed by atoms with Crippen LogP contribution in [0.5, 0.6) is 0 Å². The van der Waals surface area contributed by atoms with Crippen LogP contribution < -0.4 is 0 Å². The number of hydrogen-bond acceptors (Lipinski definition) is 2. The van der Waals surface area contributed by atoms with Crippen LogP contribution in [0.1, 0.15) is 29.1 Å². The van der Waals surface area contributed by atoms with Crippen LogP contribution in [-0.2, 0) is 6.54 Å². The standard InChI is InChI=1S/C16H15BrN4O/c1-11-15-3-2-6-19(15)7-8-20(11)16(22)14-9-13-5-4-12(17)10-21(13)18-14/h2-6,9-11H,7-8H2,1H3. The summed E-state index contributed by atoms with van der Waals surface area (Å²) in [5, 5.41) is 4.42. The molecule has 0 saturated heterocycles. The summed E-state index contributed by atoms with van der Waals surface area (Å²) in [4.78, 5) is 14.7. The molecule has 112 valence electrons. The van der Waals surface area contributed by atoms with Gasteiger partial charge in [0, 0.05) is 35.6 Å². The molecule has 0 N–H and O–H groups in total. The molecule has 1 unspecified atom stereocenters. The highest BCUT2D eigenvalue weighted by Crippen LogP contribution is 2.27. The number of carbonyl (C=O) groups is 1. The Morgan fingerprint density at radius 1 is 1.32 bits per heavy atom. The average Bonchev–Trinajstić information content (AvgIpc) is 3.12. The molecular weight excluding hydrogens is 344 g/mol. The van der Waals surface area contributed by atoms with Crippen LogP contribution in [0.15, 0.2) is 47.2 Å². The summed E-state index contributed by atoms with van der Waals surface area (Å²) in [5.74, 6) is -0.0141. The van der Waals surface area contributed by atoms with Crippen LogP contribution in [0.3, 0.4) is 0 Å². The first-order valence-corrected chi connectivity index (χ1v) is 8.04. The van der Waals surface area contributed by atoms with Gasteiger partial charge in [0.05, 0.1) is 11.6 Å². The normalized spacial score (nSPS) is 17.7. The van der Waals surface area contributed by atoms with Crippen molar-refractivity contribution in [3.63, 3.8) is 0 Å². The van der Waals surface area contributed by atoms with E-state index in [1.54, 1.807) is 4.52 Å². The fourth-order valence-electron chi connectivity index (χ4n) is 3.07. The zero-order chi connectivity index (χ0) is 15.3. The Morgan fingerprint density at radius 3 is 3.05 bits per heavy atom. The lowest BCUT2D eigenvalue weighted by Crippen LogP contribution is -2.40. The Labute approximate surface area is 136 Å². The lowest BCUT2D eigenvalue weighted by Gasteiger charge is -2.34. The van der Waals surface area contributed by atoms with Crippen molar-refractivity contribution < 1.29 is 4.79 Å². The predicted octanol–water partition coefficient (Wildman–Crippen LogP) is 3.12. The Bertz CT molecular complexity index is 866. The molecule has 1 atom stereocenters. The van der Waals surface area contributed by atoms with Crippen molar-refractivity contribution in [3.05, 3.63) is 58.6 Å². The first-order chi connectivity index (χ1) is 10.6. The van der Waals surface area contributed by atoms with Crippen LogP contribution in [0.25, 0.3) is 5.52 Å². The molecule has 0 aromatic carbocycles. The topological polar surface area (TPSA) is 42.5 Å². The van der Waals surface area contributed by atoms with Crippen LogP contribution >= 0.6 is 15.9 Å². The molecule has 3 aromatic heterocycles. The second-order valence-electron chi connectivity index (χ2n) is 5.55. The first kappa shape index (κ1) is 13.6. The predicted molar refractivity (Wildman–Crippen MR) is 86.8 cm³/mol. The molecular formula is C16H15BrN4O. The van der Waals surface area contributed by atoms with Crippen molar-refractivity contribution in [2.45, 2.75) is 19.5 Å². The Hall–Kier alpha value is -2.08. The van der Waals surface area contributed by atoms with Crippen molar-refractivity contribution in [1.29, 1.82) is 0 Å². The van der Waals surface area contributed by atoms with Gasteiger partial charge in [-0.1, -0.05) is 0 Å². The number of halogens is 1. The maximum absolute atomic E-state index is 12.8. The molecule has 0 aliphatic carbocycles. The van der Waals surface area contributed by atoms with Crippen molar-refractivity contribution >= 4 is 27.4 Å². The molecule has 0 fully saturated rings. The zero-order valence-corrected chi connectivity index (χ0v) is 13.7. The average molecular weight is 359 g/mol. The molecule has 4 rings (SSSR count). The van der Waals surface area contributed by atoms with E-state index >= 15 is 0 Å². The van der Waals surface area contributed by atoms with Gasteiger partial charge >= 0.3 is 0 Å². The number of hydrogen-bond donors (Lipinski definition) is 0. The summed E-state index contributed by atoms with van der Waals surface area (Å²) in [6.07, 6.45) is 3.92. The minimum absolute atomic E-state index is 0.0141. The quantitative estimate of drug-likeness (QED) is 0.670. The lowest BCUT2D eigenvalue weighted by atomic mass is 10.1. The number of aromatic nitrogens is 3. The Kier molecular flexibility index (Phi) is 3.07. The van der Waals surface area contributed by atoms with Gasteiger partial charge in [0.1, 0.15) is 0 Å². The van der Waals surface area contributed by atoms with E-state index in [1.807, 2.05) is 35.4 Å². The molecule has 1 aliphatic rings. The maximum atomic E-state index is 12.8. The van der Waals surface area contributed by atoms with Gasteiger partial charge in [0.15, 0.2) is 5.69 Å². The molecule has 22 heavy (non-hydrogen) atoms. The van der Waals surface area contributed by atoms with Gasteiger partial charge in [-0.15, -0.1) is 0 Å². The zero-order valence-electron chi connectivity index (χ0n) is 12.1. The van der Waals surface area contributed by atoms with E-state index in [9.17, 15) is 4.79 Å². The SMILES string of the molecule is CC1c2cccn2CCN1C(=O)c1cc2ccc(Br)cn2n1. The molecule has 6 heteroatoms. The third-order valence-electron chi connectivity index (χ3n) is 4.25. The summed E-state index contributed by atoms with van der Waals surface area (Å²) < 4.78 is 4.87. The summed E-state index contributed by atoms with van der Waals surface area (Å²) >= 11 is 3.42. The summed E-state index contributed by atoms with van der Waals surface area (Å²) in [5.41, 5.74) is 2.58. The van der Waals surface area contributed by atoms with Crippen LogP contribution in [-0.4, -0.2) is 31.5 Å². The van der Waals surface area contributed by atoms with Crippen molar-refractivity contribution in [3.8, 4) is 0 Å². The highest BCUT2D eigenvalue weighted by molar-refractivity contribution is 9.10. The Balaban J connectivity index is 1.68. The molecule has 1 aliphatic heterocycles. The van der Waals surface area contributed by atoms with Gasteiger partial charge in [0.2, 0.25) is 0 Å². The van der Waals surface area contributed by atoms with E-state index in [0.717, 1.165) is 16.5 Å². The summed E-state index contributed by atoms with van der Waals surface area (Å²) in [7, 11) is 0. The molecule has 1 amide bonds. The number of nitrogens with zero attached hydrogens (tertiary/aromatic N) is 4. The molecule has 0 bridgehead atoms. The van der Waals surface area contributed by atoms with E-state index in [2.05, 4.69) is 44.8 Å². The van der Waals surface area contributed by atoms with Crippen LogP contribution in [0.4, 0.5) is 0 Å². The minimum Gasteiger partial charge on any atom is -0.348 e. The summed E-state index contributed by atoms with van der Waals surface area (Å²) in [6, 6.07) is 9.90.